The first-order valence-corrected chi connectivity index (χ1v) is 11.3. The van der Waals surface area contributed by atoms with E-state index in [0.717, 1.165) is 16.7 Å². The van der Waals surface area contributed by atoms with Crippen molar-refractivity contribution >= 4 is 15.7 Å². The van der Waals surface area contributed by atoms with E-state index in [0.29, 0.717) is 18.7 Å². The third-order valence-corrected chi connectivity index (χ3v) is 6.92. The SMILES string of the molecule is Cc1ccc(-c2cc(C(=O)N(Cc3ccccc3)C3CCS(=O)(=O)C3)no2)cc1. The number of hydrogen-bond acceptors (Lipinski definition) is 5. The summed E-state index contributed by atoms with van der Waals surface area (Å²) in [6, 6.07) is 18.5. The number of carbonyl (C=O) groups is 1. The second-order valence-corrected chi connectivity index (χ2v) is 9.65. The molecule has 7 heteroatoms. The summed E-state index contributed by atoms with van der Waals surface area (Å²) in [5.41, 5.74) is 3.08. The molecule has 150 valence electrons. The number of benzene rings is 2. The Kier molecular flexibility index (Phi) is 5.24. The Morgan fingerprint density at radius 2 is 1.86 bits per heavy atom. The van der Waals surface area contributed by atoms with Gasteiger partial charge in [0.25, 0.3) is 5.91 Å². The number of carbonyl (C=O) groups excluding carboxylic acids is 1. The Labute approximate surface area is 170 Å². The van der Waals surface area contributed by atoms with Gasteiger partial charge in [-0.15, -0.1) is 0 Å². The number of rotatable bonds is 5. The summed E-state index contributed by atoms with van der Waals surface area (Å²) in [6.45, 7) is 2.32. The Morgan fingerprint density at radius 1 is 1.14 bits per heavy atom. The van der Waals surface area contributed by atoms with Crippen LogP contribution in [0.15, 0.2) is 65.2 Å². The molecule has 3 aromatic rings. The number of hydrogen-bond donors (Lipinski definition) is 0. The van der Waals surface area contributed by atoms with Gasteiger partial charge in [-0.05, 0) is 18.9 Å². The van der Waals surface area contributed by atoms with Gasteiger partial charge in [0.05, 0.1) is 11.5 Å². The van der Waals surface area contributed by atoms with Crippen molar-refractivity contribution in [1.82, 2.24) is 10.1 Å². The molecule has 2 heterocycles. The van der Waals surface area contributed by atoms with Crippen molar-refractivity contribution in [2.75, 3.05) is 11.5 Å². The van der Waals surface area contributed by atoms with Gasteiger partial charge in [0, 0.05) is 24.2 Å². The third-order valence-electron chi connectivity index (χ3n) is 5.17. The zero-order chi connectivity index (χ0) is 20.4. The molecule has 0 radical (unpaired) electrons. The maximum absolute atomic E-state index is 13.3. The average molecular weight is 410 g/mol. The second kappa shape index (κ2) is 7.83. The predicted molar refractivity (Wildman–Crippen MR) is 110 cm³/mol. The van der Waals surface area contributed by atoms with Crippen LogP contribution < -0.4 is 0 Å². The zero-order valence-corrected chi connectivity index (χ0v) is 16.9. The van der Waals surface area contributed by atoms with E-state index in [9.17, 15) is 13.2 Å². The number of aromatic nitrogens is 1. The minimum absolute atomic E-state index is 0.0196. The van der Waals surface area contributed by atoms with Crippen molar-refractivity contribution in [3.63, 3.8) is 0 Å². The summed E-state index contributed by atoms with van der Waals surface area (Å²) >= 11 is 0. The summed E-state index contributed by atoms with van der Waals surface area (Å²) in [5, 5.41) is 3.97. The van der Waals surface area contributed by atoms with E-state index in [1.54, 1.807) is 11.0 Å². The van der Waals surface area contributed by atoms with E-state index in [1.165, 1.54) is 0 Å². The minimum Gasteiger partial charge on any atom is -0.355 e. The third kappa shape index (κ3) is 4.40. The zero-order valence-electron chi connectivity index (χ0n) is 16.1. The van der Waals surface area contributed by atoms with Gasteiger partial charge < -0.3 is 9.42 Å². The first kappa shape index (κ1) is 19.4. The van der Waals surface area contributed by atoms with Gasteiger partial charge in [-0.2, -0.15) is 0 Å². The molecule has 0 bridgehead atoms. The summed E-state index contributed by atoms with van der Waals surface area (Å²) in [6.07, 6.45) is 0.434. The molecule has 1 saturated heterocycles. The highest BCUT2D eigenvalue weighted by molar-refractivity contribution is 7.91. The molecular weight excluding hydrogens is 388 g/mol. The van der Waals surface area contributed by atoms with Crippen LogP contribution in [0, 0.1) is 6.92 Å². The maximum Gasteiger partial charge on any atom is 0.276 e. The lowest BCUT2D eigenvalue weighted by Crippen LogP contribution is -2.40. The van der Waals surface area contributed by atoms with Crippen LogP contribution in [0.1, 0.15) is 28.0 Å². The Balaban J connectivity index is 1.62. The first-order valence-electron chi connectivity index (χ1n) is 9.50. The fourth-order valence-corrected chi connectivity index (χ4v) is 5.28. The van der Waals surface area contributed by atoms with Gasteiger partial charge in [0.15, 0.2) is 21.3 Å². The molecule has 1 amide bonds. The van der Waals surface area contributed by atoms with Gasteiger partial charge in [0.1, 0.15) is 0 Å². The molecule has 0 spiro atoms. The summed E-state index contributed by atoms with van der Waals surface area (Å²) in [5.74, 6) is 0.267. The molecular formula is C22H22N2O4S. The van der Waals surface area contributed by atoms with Crippen LogP contribution in [0.5, 0.6) is 0 Å². The van der Waals surface area contributed by atoms with Gasteiger partial charge in [0.2, 0.25) is 0 Å². The molecule has 0 aliphatic carbocycles. The molecule has 1 fully saturated rings. The smallest absolute Gasteiger partial charge is 0.276 e. The summed E-state index contributed by atoms with van der Waals surface area (Å²) in [4.78, 5) is 14.9. The molecule has 0 N–H and O–H groups in total. The molecule has 2 aromatic carbocycles. The van der Waals surface area contributed by atoms with Gasteiger partial charge in [-0.25, -0.2) is 8.42 Å². The lowest BCUT2D eigenvalue weighted by molar-refractivity contribution is 0.0670. The second-order valence-electron chi connectivity index (χ2n) is 7.42. The highest BCUT2D eigenvalue weighted by Gasteiger charge is 2.36. The van der Waals surface area contributed by atoms with Crippen molar-refractivity contribution < 1.29 is 17.7 Å². The molecule has 1 atom stereocenters. The summed E-state index contributed by atoms with van der Waals surface area (Å²) < 4.78 is 29.4. The van der Waals surface area contributed by atoms with E-state index >= 15 is 0 Å². The van der Waals surface area contributed by atoms with E-state index in [2.05, 4.69) is 5.16 Å². The minimum atomic E-state index is -3.13. The van der Waals surface area contributed by atoms with Gasteiger partial charge in [-0.1, -0.05) is 65.3 Å². The monoisotopic (exact) mass is 410 g/mol. The normalized spacial score (nSPS) is 17.9. The van der Waals surface area contributed by atoms with Crippen LogP contribution in [0.3, 0.4) is 0 Å². The molecule has 29 heavy (non-hydrogen) atoms. The van der Waals surface area contributed by atoms with Gasteiger partial charge in [-0.3, -0.25) is 4.79 Å². The van der Waals surface area contributed by atoms with E-state index in [-0.39, 0.29) is 29.1 Å². The molecule has 6 nitrogen and oxygen atoms in total. The van der Waals surface area contributed by atoms with Gasteiger partial charge >= 0.3 is 0 Å². The topological polar surface area (TPSA) is 80.5 Å². The van der Waals surface area contributed by atoms with Crippen molar-refractivity contribution in [1.29, 1.82) is 0 Å². The first-order chi connectivity index (χ1) is 13.9. The lowest BCUT2D eigenvalue weighted by Gasteiger charge is -2.27. The van der Waals surface area contributed by atoms with Crippen molar-refractivity contribution in [2.45, 2.75) is 25.9 Å². The number of sulfone groups is 1. The van der Waals surface area contributed by atoms with Crippen LogP contribution in [-0.4, -0.2) is 41.9 Å². The average Bonchev–Trinajstić information content (AvgIpc) is 3.34. The molecule has 4 rings (SSSR count). The molecule has 1 aliphatic rings. The van der Waals surface area contributed by atoms with Crippen LogP contribution in [0.2, 0.25) is 0 Å². The van der Waals surface area contributed by atoms with E-state index in [4.69, 9.17) is 4.52 Å². The Bertz CT molecular complexity index is 1110. The maximum atomic E-state index is 13.3. The number of nitrogens with zero attached hydrogens (tertiary/aromatic N) is 2. The number of aryl methyl sites for hydroxylation is 1. The van der Waals surface area contributed by atoms with Crippen LogP contribution >= 0.6 is 0 Å². The molecule has 1 unspecified atom stereocenters. The molecule has 1 aliphatic heterocycles. The van der Waals surface area contributed by atoms with Crippen molar-refractivity contribution in [3.8, 4) is 11.3 Å². The van der Waals surface area contributed by atoms with Crippen LogP contribution in [0.4, 0.5) is 0 Å². The van der Waals surface area contributed by atoms with Crippen molar-refractivity contribution in [3.05, 3.63) is 77.5 Å². The van der Waals surface area contributed by atoms with Crippen LogP contribution in [0.25, 0.3) is 11.3 Å². The van der Waals surface area contributed by atoms with Crippen molar-refractivity contribution in [2.24, 2.45) is 0 Å². The van der Waals surface area contributed by atoms with E-state index in [1.807, 2.05) is 61.5 Å². The van der Waals surface area contributed by atoms with E-state index < -0.39 is 9.84 Å². The predicted octanol–water partition coefficient (Wildman–Crippen LogP) is 3.48. The Hall–Kier alpha value is -2.93. The fourth-order valence-electron chi connectivity index (χ4n) is 3.55. The Morgan fingerprint density at radius 3 is 2.52 bits per heavy atom. The fraction of sp³-hybridized carbons (Fsp3) is 0.273. The lowest BCUT2D eigenvalue weighted by atomic mass is 10.1. The van der Waals surface area contributed by atoms with Crippen LogP contribution in [-0.2, 0) is 16.4 Å². The largest absolute Gasteiger partial charge is 0.355 e. The molecule has 1 aromatic heterocycles. The standard InChI is InChI=1S/C22H22N2O4S/c1-16-7-9-18(10-8-16)21-13-20(23-28-21)22(25)24(14-17-5-3-2-4-6-17)19-11-12-29(26,27)15-19/h2-10,13,19H,11-12,14-15H2,1H3. The highest BCUT2D eigenvalue weighted by atomic mass is 32.2. The number of amides is 1. The summed E-state index contributed by atoms with van der Waals surface area (Å²) in [7, 11) is -3.13. The molecule has 0 saturated carbocycles. The highest BCUT2D eigenvalue weighted by Crippen LogP contribution is 2.25. The quantitative estimate of drug-likeness (QED) is 0.643.